The van der Waals surface area contributed by atoms with Crippen molar-refractivity contribution in [1.82, 2.24) is 5.32 Å². The minimum absolute atomic E-state index is 0.0602. The fraction of sp³-hybridized carbons (Fsp3) is 1.00. The van der Waals surface area contributed by atoms with Gasteiger partial charge in [0.2, 0.25) is 0 Å². The van der Waals surface area contributed by atoms with E-state index in [4.69, 9.17) is 10.5 Å². The Labute approximate surface area is 87.4 Å². The summed E-state index contributed by atoms with van der Waals surface area (Å²) in [6.07, 6.45) is 2.36. The van der Waals surface area contributed by atoms with Gasteiger partial charge in [-0.15, -0.1) is 0 Å². The maximum absolute atomic E-state index is 5.70. The van der Waals surface area contributed by atoms with E-state index < -0.39 is 0 Å². The van der Waals surface area contributed by atoms with Crippen LogP contribution >= 0.6 is 0 Å². The third-order valence-corrected chi connectivity index (χ3v) is 2.96. The monoisotopic (exact) mass is 200 g/mol. The van der Waals surface area contributed by atoms with E-state index in [0.29, 0.717) is 0 Å². The van der Waals surface area contributed by atoms with Crippen molar-refractivity contribution in [2.45, 2.75) is 39.2 Å². The molecule has 0 aromatic rings. The van der Waals surface area contributed by atoms with Gasteiger partial charge in [-0.2, -0.15) is 0 Å². The van der Waals surface area contributed by atoms with Crippen molar-refractivity contribution in [3.8, 4) is 0 Å². The Morgan fingerprint density at radius 2 is 2.21 bits per heavy atom. The summed E-state index contributed by atoms with van der Waals surface area (Å²) in [6, 6.07) is 0. The number of hydrogen-bond acceptors (Lipinski definition) is 3. The SMILES string of the molecule is CC(C)(CN)CNCC1(C)CCCO1. The maximum atomic E-state index is 5.70. The van der Waals surface area contributed by atoms with Crippen molar-refractivity contribution in [2.75, 3.05) is 26.2 Å². The van der Waals surface area contributed by atoms with E-state index in [-0.39, 0.29) is 11.0 Å². The molecule has 84 valence electrons. The predicted molar refractivity (Wildman–Crippen MR) is 59.3 cm³/mol. The molecular weight excluding hydrogens is 176 g/mol. The lowest BCUT2D eigenvalue weighted by molar-refractivity contribution is 0.0194. The quantitative estimate of drug-likeness (QED) is 0.699. The van der Waals surface area contributed by atoms with Crippen LogP contribution in [0.4, 0.5) is 0 Å². The minimum Gasteiger partial charge on any atom is -0.374 e. The van der Waals surface area contributed by atoms with Crippen molar-refractivity contribution >= 4 is 0 Å². The fourth-order valence-corrected chi connectivity index (χ4v) is 1.71. The highest BCUT2D eigenvalue weighted by Crippen LogP contribution is 2.24. The van der Waals surface area contributed by atoms with Crippen LogP contribution < -0.4 is 11.1 Å². The van der Waals surface area contributed by atoms with Gasteiger partial charge in [0.15, 0.2) is 0 Å². The summed E-state index contributed by atoms with van der Waals surface area (Å²) in [4.78, 5) is 0. The van der Waals surface area contributed by atoms with Gasteiger partial charge in [0, 0.05) is 19.7 Å². The Morgan fingerprint density at radius 1 is 1.50 bits per heavy atom. The number of rotatable bonds is 5. The van der Waals surface area contributed by atoms with E-state index in [0.717, 1.165) is 26.2 Å². The lowest BCUT2D eigenvalue weighted by Crippen LogP contribution is -2.43. The van der Waals surface area contributed by atoms with Crippen molar-refractivity contribution in [3.63, 3.8) is 0 Å². The second-order valence-corrected chi connectivity index (χ2v) is 5.37. The zero-order valence-electron chi connectivity index (χ0n) is 9.73. The van der Waals surface area contributed by atoms with Gasteiger partial charge in [0.1, 0.15) is 0 Å². The first-order valence-corrected chi connectivity index (χ1v) is 5.52. The highest BCUT2D eigenvalue weighted by molar-refractivity contribution is 4.83. The molecule has 1 saturated heterocycles. The van der Waals surface area contributed by atoms with Crippen molar-refractivity contribution in [1.29, 1.82) is 0 Å². The number of hydrogen-bond donors (Lipinski definition) is 2. The van der Waals surface area contributed by atoms with E-state index in [1.807, 2.05) is 0 Å². The summed E-state index contributed by atoms with van der Waals surface area (Å²) in [5, 5.41) is 3.45. The molecule has 3 N–H and O–H groups in total. The summed E-state index contributed by atoms with van der Waals surface area (Å²) in [6.45, 7) is 10.1. The summed E-state index contributed by atoms with van der Waals surface area (Å²) < 4.78 is 5.70. The lowest BCUT2D eigenvalue weighted by Gasteiger charge is -2.28. The molecule has 0 aliphatic carbocycles. The highest BCUT2D eigenvalue weighted by atomic mass is 16.5. The summed E-state index contributed by atoms with van der Waals surface area (Å²) >= 11 is 0. The van der Waals surface area contributed by atoms with Crippen molar-refractivity contribution in [3.05, 3.63) is 0 Å². The van der Waals surface area contributed by atoms with Crippen LogP contribution in [0.5, 0.6) is 0 Å². The average Bonchev–Trinajstić information content (AvgIpc) is 2.52. The molecule has 1 fully saturated rings. The lowest BCUT2D eigenvalue weighted by atomic mass is 9.93. The number of ether oxygens (including phenoxy) is 1. The third-order valence-electron chi connectivity index (χ3n) is 2.96. The minimum atomic E-state index is 0.0602. The molecule has 1 aliphatic rings. The van der Waals surface area contributed by atoms with Gasteiger partial charge in [-0.05, 0) is 31.7 Å². The molecule has 1 atom stereocenters. The molecule has 14 heavy (non-hydrogen) atoms. The van der Waals surface area contributed by atoms with Crippen molar-refractivity contribution < 1.29 is 4.74 Å². The van der Waals surface area contributed by atoms with E-state index in [1.165, 1.54) is 12.8 Å². The molecule has 0 aromatic heterocycles. The molecule has 3 heteroatoms. The average molecular weight is 200 g/mol. The van der Waals surface area contributed by atoms with Crippen LogP contribution in [-0.4, -0.2) is 31.8 Å². The molecule has 1 heterocycles. The van der Waals surface area contributed by atoms with E-state index >= 15 is 0 Å². The second-order valence-electron chi connectivity index (χ2n) is 5.37. The van der Waals surface area contributed by atoms with Crippen molar-refractivity contribution in [2.24, 2.45) is 11.1 Å². The molecule has 0 spiro atoms. The van der Waals surface area contributed by atoms with Gasteiger partial charge in [-0.1, -0.05) is 13.8 Å². The summed E-state index contributed by atoms with van der Waals surface area (Å²) in [5.41, 5.74) is 5.91. The van der Waals surface area contributed by atoms with Crippen LogP contribution in [0.25, 0.3) is 0 Å². The Hall–Kier alpha value is -0.120. The van der Waals surface area contributed by atoms with Crippen LogP contribution in [0.1, 0.15) is 33.6 Å². The Balaban J connectivity index is 2.20. The zero-order chi connectivity index (χ0) is 10.7. The molecule has 1 aliphatic heterocycles. The second kappa shape index (κ2) is 4.60. The largest absolute Gasteiger partial charge is 0.374 e. The van der Waals surface area contributed by atoms with E-state index in [1.54, 1.807) is 0 Å². The summed E-state index contributed by atoms with van der Waals surface area (Å²) in [7, 11) is 0. The molecule has 3 nitrogen and oxygen atoms in total. The van der Waals surface area contributed by atoms with Gasteiger partial charge < -0.3 is 15.8 Å². The van der Waals surface area contributed by atoms with Gasteiger partial charge in [0.05, 0.1) is 5.60 Å². The molecule has 1 rings (SSSR count). The highest BCUT2D eigenvalue weighted by Gasteiger charge is 2.29. The Morgan fingerprint density at radius 3 is 2.71 bits per heavy atom. The molecular formula is C11H24N2O. The molecule has 0 bridgehead atoms. The van der Waals surface area contributed by atoms with Gasteiger partial charge in [-0.3, -0.25) is 0 Å². The van der Waals surface area contributed by atoms with Crippen LogP contribution in [0.3, 0.4) is 0 Å². The first-order valence-electron chi connectivity index (χ1n) is 5.52. The topological polar surface area (TPSA) is 47.3 Å². The molecule has 1 unspecified atom stereocenters. The smallest absolute Gasteiger partial charge is 0.0779 e. The summed E-state index contributed by atoms with van der Waals surface area (Å²) in [5.74, 6) is 0. The Kier molecular flexibility index (Phi) is 3.93. The Bertz CT molecular complexity index is 174. The van der Waals surface area contributed by atoms with Gasteiger partial charge >= 0.3 is 0 Å². The fourth-order valence-electron chi connectivity index (χ4n) is 1.71. The predicted octanol–water partition coefficient (Wildman–Crippen LogP) is 1.13. The van der Waals surface area contributed by atoms with E-state index in [9.17, 15) is 0 Å². The standard InChI is InChI=1S/C11H24N2O/c1-10(2,7-12)8-13-9-11(3)5-4-6-14-11/h13H,4-9,12H2,1-3H3. The van der Waals surface area contributed by atoms with Crippen LogP contribution in [0.2, 0.25) is 0 Å². The normalized spacial score (nSPS) is 28.3. The number of nitrogens with one attached hydrogen (secondary N) is 1. The molecule has 0 radical (unpaired) electrons. The molecule has 0 aromatic carbocycles. The zero-order valence-corrected chi connectivity index (χ0v) is 9.73. The first-order chi connectivity index (χ1) is 6.47. The molecule has 0 saturated carbocycles. The van der Waals surface area contributed by atoms with E-state index in [2.05, 4.69) is 26.1 Å². The van der Waals surface area contributed by atoms with Gasteiger partial charge in [0.25, 0.3) is 0 Å². The van der Waals surface area contributed by atoms with Crippen LogP contribution in [-0.2, 0) is 4.74 Å². The molecule has 0 amide bonds. The van der Waals surface area contributed by atoms with Crippen LogP contribution in [0.15, 0.2) is 0 Å². The van der Waals surface area contributed by atoms with Gasteiger partial charge in [-0.25, -0.2) is 0 Å². The first kappa shape index (κ1) is 12.0. The maximum Gasteiger partial charge on any atom is 0.0779 e. The number of nitrogens with two attached hydrogens (primary N) is 1. The van der Waals surface area contributed by atoms with Crippen LogP contribution in [0, 0.1) is 5.41 Å². The third kappa shape index (κ3) is 3.56.